The van der Waals surface area contributed by atoms with E-state index in [4.69, 9.17) is 32.7 Å². The first kappa shape index (κ1) is 22.8. The molecule has 0 bridgehead atoms. The van der Waals surface area contributed by atoms with Gasteiger partial charge in [-0.3, -0.25) is 9.69 Å². The van der Waals surface area contributed by atoms with Crippen molar-refractivity contribution in [2.24, 2.45) is 0 Å². The van der Waals surface area contributed by atoms with Crippen LogP contribution in [0.5, 0.6) is 11.5 Å². The molecule has 0 aliphatic carbocycles. The maximum Gasteiger partial charge on any atom is 0.231 e. The number of carbonyl (C=O) groups excluding carboxylic acids is 1. The van der Waals surface area contributed by atoms with Crippen LogP contribution < -0.4 is 14.4 Å². The van der Waals surface area contributed by atoms with Gasteiger partial charge in [0.25, 0.3) is 0 Å². The number of ketones is 1. The number of fused-ring (bicyclic) bond motifs is 2. The molecular formula is C27H24Cl2N2O3. The molecule has 0 saturated heterocycles. The molecule has 2 heterocycles. The van der Waals surface area contributed by atoms with E-state index in [0.717, 1.165) is 33.7 Å². The van der Waals surface area contributed by atoms with Crippen molar-refractivity contribution < 1.29 is 14.3 Å². The lowest BCUT2D eigenvalue weighted by atomic mass is 10.00. The van der Waals surface area contributed by atoms with Gasteiger partial charge in [-0.05, 0) is 54.5 Å². The lowest BCUT2D eigenvalue weighted by Gasteiger charge is -2.30. The summed E-state index contributed by atoms with van der Waals surface area (Å²) < 4.78 is 12.1. The Labute approximate surface area is 209 Å². The fraction of sp³-hybridized carbons (Fsp3) is 0.222. The minimum Gasteiger partial charge on any atom is -0.477 e. The maximum atomic E-state index is 13.2. The highest BCUT2D eigenvalue weighted by molar-refractivity contribution is 6.35. The molecule has 5 nitrogen and oxygen atoms in total. The van der Waals surface area contributed by atoms with Gasteiger partial charge in [-0.15, -0.1) is 0 Å². The Balaban J connectivity index is 1.39. The lowest BCUT2D eigenvalue weighted by molar-refractivity contribution is 0.0877. The van der Waals surface area contributed by atoms with Crippen LogP contribution in [-0.2, 0) is 13.1 Å². The van der Waals surface area contributed by atoms with Crippen molar-refractivity contribution in [2.75, 3.05) is 25.7 Å². The van der Waals surface area contributed by atoms with E-state index in [1.54, 1.807) is 12.1 Å². The van der Waals surface area contributed by atoms with Crippen molar-refractivity contribution in [1.82, 2.24) is 4.90 Å². The number of nitrogens with zero attached hydrogens (tertiary/aromatic N) is 2. The van der Waals surface area contributed by atoms with Crippen molar-refractivity contribution in [3.8, 4) is 11.5 Å². The summed E-state index contributed by atoms with van der Waals surface area (Å²) in [4.78, 5) is 17.3. The summed E-state index contributed by atoms with van der Waals surface area (Å²) in [5, 5.41) is 1.23. The maximum absolute atomic E-state index is 13.2. The number of carbonyl (C=O) groups is 1. The number of anilines is 1. The van der Waals surface area contributed by atoms with Gasteiger partial charge in [-0.2, -0.15) is 0 Å². The molecule has 0 saturated carbocycles. The molecule has 0 atom stereocenters. The van der Waals surface area contributed by atoms with E-state index in [0.29, 0.717) is 46.9 Å². The van der Waals surface area contributed by atoms with Gasteiger partial charge < -0.3 is 14.4 Å². The van der Waals surface area contributed by atoms with Crippen molar-refractivity contribution in [2.45, 2.75) is 20.0 Å². The first-order chi connectivity index (χ1) is 16.3. The molecule has 34 heavy (non-hydrogen) atoms. The van der Waals surface area contributed by atoms with E-state index in [1.165, 1.54) is 0 Å². The SMILES string of the molecule is Cc1c2c(cc3c1O/C(=C\c1ccc(N(C)C)cc1)C3=O)CN(Cc1ccc(Cl)cc1Cl)CO2. The zero-order valence-electron chi connectivity index (χ0n) is 19.2. The molecule has 2 aliphatic rings. The first-order valence-electron chi connectivity index (χ1n) is 11.0. The van der Waals surface area contributed by atoms with E-state index in [-0.39, 0.29) is 5.78 Å². The molecule has 0 unspecified atom stereocenters. The molecule has 0 amide bonds. The molecule has 3 aromatic carbocycles. The summed E-state index contributed by atoms with van der Waals surface area (Å²) in [5.74, 6) is 1.56. The summed E-state index contributed by atoms with van der Waals surface area (Å²) >= 11 is 12.4. The molecule has 2 aliphatic heterocycles. The van der Waals surface area contributed by atoms with Crippen LogP contribution in [0.3, 0.4) is 0 Å². The number of Topliss-reactive ketones (excluding diaryl/α,β-unsaturated/α-hetero) is 1. The van der Waals surface area contributed by atoms with Crippen molar-refractivity contribution in [1.29, 1.82) is 0 Å². The standard InChI is InChI=1S/C27H24Cl2N2O3/c1-16-26-19(14-31(15-33-26)13-18-6-7-20(28)12-23(18)29)11-22-25(32)24(34-27(16)22)10-17-4-8-21(9-5-17)30(2)3/h4-12H,13-15H2,1-3H3/b24-10-. The van der Waals surface area contributed by atoms with Crippen LogP contribution in [0.4, 0.5) is 5.69 Å². The lowest BCUT2D eigenvalue weighted by Crippen LogP contribution is -2.32. The highest BCUT2D eigenvalue weighted by atomic mass is 35.5. The molecule has 174 valence electrons. The van der Waals surface area contributed by atoms with E-state index in [1.807, 2.05) is 68.4 Å². The Hall–Kier alpha value is -2.99. The second kappa shape index (κ2) is 8.99. The molecular weight excluding hydrogens is 471 g/mol. The average molecular weight is 495 g/mol. The number of allylic oxidation sites excluding steroid dienone is 1. The van der Waals surface area contributed by atoms with Gasteiger partial charge >= 0.3 is 0 Å². The van der Waals surface area contributed by atoms with Gasteiger partial charge in [0.15, 0.2) is 5.76 Å². The van der Waals surface area contributed by atoms with Crippen LogP contribution in [0, 0.1) is 6.92 Å². The largest absolute Gasteiger partial charge is 0.477 e. The molecule has 0 spiro atoms. The topological polar surface area (TPSA) is 42.0 Å². The zero-order chi connectivity index (χ0) is 24.0. The van der Waals surface area contributed by atoms with Crippen LogP contribution >= 0.6 is 23.2 Å². The Kier molecular flexibility index (Phi) is 6.02. The van der Waals surface area contributed by atoms with Crippen LogP contribution in [0.15, 0.2) is 54.3 Å². The van der Waals surface area contributed by atoms with Gasteiger partial charge in [0.1, 0.15) is 18.2 Å². The van der Waals surface area contributed by atoms with Crippen molar-refractivity contribution in [3.63, 3.8) is 0 Å². The van der Waals surface area contributed by atoms with Crippen LogP contribution in [0.2, 0.25) is 10.0 Å². The Morgan fingerprint density at radius 3 is 2.53 bits per heavy atom. The van der Waals surface area contributed by atoms with E-state index in [2.05, 4.69) is 4.90 Å². The predicted octanol–water partition coefficient (Wildman–Crippen LogP) is 6.34. The zero-order valence-corrected chi connectivity index (χ0v) is 20.7. The van der Waals surface area contributed by atoms with Crippen LogP contribution in [-0.4, -0.2) is 31.5 Å². The normalized spacial score (nSPS) is 16.1. The first-order valence-corrected chi connectivity index (χ1v) is 11.7. The Morgan fingerprint density at radius 2 is 1.82 bits per heavy atom. The summed E-state index contributed by atoms with van der Waals surface area (Å²) in [6.45, 7) is 3.61. The van der Waals surface area contributed by atoms with Gasteiger partial charge in [0.2, 0.25) is 5.78 Å². The molecule has 0 fully saturated rings. The van der Waals surface area contributed by atoms with Crippen molar-refractivity contribution >= 4 is 40.7 Å². The van der Waals surface area contributed by atoms with E-state index in [9.17, 15) is 4.79 Å². The number of hydrogen-bond acceptors (Lipinski definition) is 5. The summed E-state index contributed by atoms with van der Waals surface area (Å²) in [7, 11) is 3.98. The highest BCUT2D eigenvalue weighted by Crippen LogP contribution is 2.43. The minimum absolute atomic E-state index is 0.115. The summed E-state index contributed by atoms with van der Waals surface area (Å²) in [6, 6.07) is 15.4. The quantitative estimate of drug-likeness (QED) is 0.396. The predicted molar refractivity (Wildman–Crippen MR) is 136 cm³/mol. The number of rotatable bonds is 4. The third kappa shape index (κ3) is 4.27. The number of hydrogen-bond donors (Lipinski definition) is 0. The minimum atomic E-state index is -0.115. The van der Waals surface area contributed by atoms with Gasteiger partial charge in [0, 0.05) is 54.0 Å². The third-order valence-corrected chi connectivity index (χ3v) is 6.71. The smallest absolute Gasteiger partial charge is 0.231 e. The molecule has 0 aromatic heterocycles. The van der Waals surface area contributed by atoms with Crippen LogP contribution in [0.25, 0.3) is 6.08 Å². The number of ether oxygens (including phenoxy) is 2. The second-order valence-corrected chi connectivity index (χ2v) is 9.63. The Bertz CT molecular complexity index is 1320. The molecule has 3 aromatic rings. The molecule has 5 rings (SSSR count). The van der Waals surface area contributed by atoms with Gasteiger partial charge in [-0.25, -0.2) is 0 Å². The second-order valence-electron chi connectivity index (χ2n) is 8.79. The molecule has 7 heteroatoms. The fourth-order valence-corrected chi connectivity index (χ4v) is 4.78. The number of benzene rings is 3. The fourth-order valence-electron chi connectivity index (χ4n) is 4.31. The summed E-state index contributed by atoms with van der Waals surface area (Å²) in [6.07, 6.45) is 1.79. The number of halogens is 2. The monoisotopic (exact) mass is 494 g/mol. The molecule has 0 radical (unpaired) electrons. The van der Waals surface area contributed by atoms with Crippen molar-refractivity contribution in [3.05, 3.63) is 92.2 Å². The van der Waals surface area contributed by atoms with E-state index >= 15 is 0 Å². The van der Waals surface area contributed by atoms with Gasteiger partial charge in [-0.1, -0.05) is 41.4 Å². The van der Waals surface area contributed by atoms with E-state index < -0.39 is 0 Å². The van der Waals surface area contributed by atoms with Crippen LogP contribution in [0.1, 0.15) is 32.6 Å². The highest BCUT2D eigenvalue weighted by Gasteiger charge is 2.33. The molecule has 0 N–H and O–H groups in total. The Morgan fingerprint density at radius 1 is 1.06 bits per heavy atom. The third-order valence-electron chi connectivity index (χ3n) is 6.12. The van der Waals surface area contributed by atoms with Gasteiger partial charge in [0.05, 0.1) is 5.56 Å². The summed E-state index contributed by atoms with van der Waals surface area (Å²) in [5.41, 5.74) is 5.35. The average Bonchev–Trinajstić information content (AvgIpc) is 3.11.